The predicted molar refractivity (Wildman–Crippen MR) is 76.4 cm³/mol. The Morgan fingerprint density at radius 1 is 1.17 bits per heavy atom. The second kappa shape index (κ2) is 5.69. The first-order valence-electron chi connectivity index (χ1n) is 5.54. The van der Waals surface area contributed by atoms with Gasteiger partial charge in [-0.05, 0) is 23.8 Å². The van der Waals surface area contributed by atoms with Crippen molar-refractivity contribution >= 4 is 27.5 Å². The Bertz CT molecular complexity index is 555. The Hall–Kier alpha value is -1.81. The van der Waals surface area contributed by atoms with Gasteiger partial charge in [0.2, 0.25) is 0 Å². The third kappa shape index (κ3) is 3.11. The van der Waals surface area contributed by atoms with Crippen molar-refractivity contribution in [3.8, 4) is 0 Å². The smallest absolute Gasteiger partial charge is 0.250 e. The lowest BCUT2D eigenvalue weighted by Gasteiger charge is -2.10. The van der Waals surface area contributed by atoms with Crippen molar-refractivity contribution in [1.29, 1.82) is 0 Å². The molecule has 0 saturated carbocycles. The third-order valence-corrected chi connectivity index (χ3v) is 3.07. The molecule has 4 heteroatoms. The average molecular weight is 305 g/mol. The Morgan fingerprint density at radius 2 is 1.89 bits per heavy atom. The number of primary amides is 1. The maximum atomic E-state index is 11.3. The predicted octanol–water partition coefficient (Wildman–Crippen LogP) is 3.16. The number of carbonyl (C=O) groups is 1. The highest BCUT2D eigenvalue weighted by molar-refractivity contribution is 9.10. The van der Waals surface area contributed by atoms with Crippen molar-refractivity contribution in [2.24, 2.45) is 5.73 Å². The van der Waals surface area contributed by atoms with Crippen molar-refractivity contribution in [1.82, 2.24) is 0 Å². The molecular formula is C14H13BrN2O. The first-order chi connectivity index (χ1) is 8.66. The van der Waals surface area contributed by atoms with Crippen LogP contribution in [-0.4, -0.2) is 5.91 Å². The van der Waals surface area contributed by atoms with E-state index >= 15 is 0 Å². The number of amides is 1. The van der Waals surface area contributed by atoms with E-state index < -0.39 is 5.91 Å². The van der Waals surface area contributed by atoms with Gasteiger partial charge in [-0.1, -0.05) is 46.3 Å². The minimum atomic E-state index is -0.432. The van der Waals surface area contributed by atoms with Crippen LogP contribution in [0.5, 0.6) is 0 Å². The van der Waals surface area contributed by atoms with E-state index in [-0.39, 0.29) is 0 Å². The lowest BCUT2D eigenvalue weighted by Crippen LogP contribution is -2.14. The normalized spacial score (nSPS) is 10.1. The summed E-state index contributed by atoms with van der Waals surface area (Å²) in [5.41, 5.74) is 7.72. The monoisotopic (exact) mass is 304 g/mol. The van der Waals surface area contributed by atoms with Crippen LogP contribution in [0.25, 0.3) is 0 Å². The topological polar surface area (TPSA) is 55.1 Å². The van der Waals surface area contributed by atoms with Crippen LogP contribution in [0.1, 0.15) is 15.9 Å². The van der Waals surface area contributed by atoms with E-state index in [9.17, 15) is 4.79 Å². The van der Waals surface area contributed by atoms with Gasteiger partial charge in [0.05, 0.1) is 5.56 Å². The Labute approximate surface area is 114 Å². The van der Waals surface area contributed by atoms with Gasteiger partial charge in [-0.2, -0.15) is 0 Å². The molecular weight excluding hydrogens is 292 g/mol. The standard InChI is InChI=1S/C14H13BrN2O/c15-11-6-7-12(14(16)18)13(8-11)17-9-10-4-2-1-3-5-10/h1-8,17H,9H2,(H2,16,18). The number of carbonyl (C=O) groups excluding carboxylic acids is 1. The SMILES string of the molecule is NC(=O)c1ccc(Br)cc1NCc1ccccc1. The quantitative estimate of drug-likeness (QED) is 0.911. The number of anilines is 1. The molecule has 0 heterocycles. The van der Waals surface area contributed by atoms with Crippen LogP contribution in [0.15, 0.2) is 53.0 Å². The van der Waals surface area contributed by atoms with Crippen LogP contribution < -0.4 is 11.1 Å². The van der Waals surface area contributed by atoms with Gasteiger partial charge >= 0.3 is 0 Å². The molecule has 92 valence electrons. The van der Waals surface area contributed by atoms with E-state index in [1.54, 1.807) is 12.1 Å². The third-order valence-electron chi connectivity index (χ3n) is 2.57. The summed E-state index contributed by atoms with van der Waals surface area (Å²) in [5, 5.41) is 3.22. The second-order valence-electron chi connectivity index (χ2n) is 3.89. The average Bonchev–Trinajstić information content (AvgIpc) is 2.37. The molecule has 1 amide bonds. The maximum Gasteiger partial charge on any atom is 0.250 e. The maximum absolute atomic E-state index is 11.3. The summed E-state index contributed by atoms with van der Waals surface area (Å²) < 4.78 is 0.906. The van der Waals surface area contributed by atoms with Gasteiger partial charge in [0.25, 0.3) is 5.91 Å². The van der Waals surface area contributed by atoms with Gasteiger partial charge in [-0.3, -0.25) is 4.79 Å². The van der Waals surface area contributed by atoms with E-state index in [2.05, 4.69) is 21.2 Å². The van der Waals surface area contributed by atoms with Gasteiger partial charge in [0.1, 0.15) is 0 Å². The Balaban J connectivity index is 2.18. The zero-order valence-electron chi connectivity index (χ0n) is 9.69. The molecule has 18 heavy (non-hydrogen) atoms. The van der Waals surface area contributed by atoms with Crippen molar-refractivity contribution in [2.75, 3.05) is 5.32 Å². The molecule has 3 N–H and O–H groups in total. The zero-order valence-corrected chi connectivity index (χ0v) is 11.3. The number of rotatable bonds is 4. The molecule has 0 unspecified atom stereocenters. The van der Waals surface area contributed by atoms with Crippen molar-refractivity contribution in [2.45, 2.75) is 6.54 Å². The highest BCUT2D eigenvalue weighted by Gasteiger charge is 2.08. The summed E-state index contributed by atoms with van der Waals surface area (Å²) in [6.07, 6.45) is 0. The van der Waals surface area contributed by atoms with Crippen LogP contribution in [0.3, 0.4) is 0 Å². The fourth-order valence-corrected chi connectivity index (χ4v) is 2.03. The van der Waals surface area contributed by atoms with Gasteiger partial charge in [0.15, 0.2) is 0 Å². The Kier molecular flexibility index (Phi) is 3.99. The molecule has 2 aromatic carbocycles. The summed E-state index contributed by atoms with van der Waals surface area (Å²) in [6, 6.07) is 15.3. The first-order valence-corrected chi connectivity index (χ1v) is 6.33. The highest BCUT2D eigenvalue weighted by atomic mass is 79.9. The van der Waals surface area contributed by atoms with Crippen molar-refractivity contribution < 1.29 is 4.79 Å². The number of hydrogen-bond acceptors (Lipinski definition) is 2. The van der Waals surface area contributed by atoms with E-state index in [0.29, 0.717) is 12.1 Å². The Morgan fingerprint density at radius 3 is 2.56 bits per heavy atom. The number of halogens is 1. The van der Waals surface area contributed by atoms with E-state index in [1.807, 2.05) is 36.4 Å². The molecule has 0 aliphatic heterocycles. The fraction of sp³-hybridized carbons (Fsp3) is 0.0714. The van der Waals surface area contributed by atoms with E-state index in [1.165, 1.54) is 0 Å². The van der Waals surface area contributed by atoms with Crippen molar-refractivity contribution in [3.63, 3.8) is 0 Å². The summed E-state index contributed by atoms with van der Waals surface area (Å²) in [4.78, 5) is 11.3. The zero-order chi connectivity index (χ0) is 13.0. The first kappa shape index (κ1) is 12.6. The molecule has 0 saturated heterocycles. The number of benzene rings is 2. The van der Waals surface area contributed by atoms with Gasteiger partial charge in [-0.15, -0.1) is 0 Å². The molecule has 0 aliphatic rings. The van der Waals surface area contributed by atoms with Crippen LogP contribution >= 0.6 is 15.9 Å². The minimum Gasteiger partial charge on any atom is -0.380 e. The molecule has 2 aromatic rings. The van der Waals surface area contributed by atoms with E-state index in [4.69, 9.17) is 5.73 Å². The largest absolute Gasteiger partial charge is 0.380 e. The fourth-order valence-electron chi connectivity index (χ4n) is 1.67. The number of nitrogens with one attached hydrogen (secondary N) is 1. The van der Waals surface area contributed by atoms with Gasteiger partial charge < -0.3 is 11.1 Å². The molecule has 0 aromatic heterocycles. The summed E-state index contributed by atoms with van der Waals surface area (Å²) in [7, 11) is 0. The van der Waals surface area contributed by atoms with Gasteiger partial charge in [0, 0.05) is 16.7 Å². The molecule has 2 rings (SSSR count). The van der Waals surface area contributed by atoms with Crippen LogP contribution in [0.4, 0.5) is 5.69 Å². The molecule has 0 aliphatic carbocycles. The number of hydrogen-bond donors (Lipinski definition) is 2. The lowest BCUT2D eigenvalue weighted by atomic mass is 10.1. The van der Waals surface area contributed by atoms with Crippen LogP contribution in [-0.2, 0) is 6.54 Å². The highest BCUT2D eigenvalue weighted by Crippen LogP contribution is 2.21. The molecule has 0 radical (unpaired) electrons. The molecule has 0 atom stereocenters. The minimum absolute atomic E-state index is 0.432. The van der Waals surface area contributed by atoms with Gasteiger partial charge in [-0.25, -0.2) is 0 Å². The molecule has 0 fully saturated rings. The summed E-state index contributed by atoms with van der Waals surface area (Å²) in [5.74, 6) is -0.432. The molecule has 0 spiro atoms. The molecule has 3 nitrogen and oxygen atoms in total. The summed E-state index contributed by atoms with van der Waals surface area (Å²) >= 11 is 3.38. The lowest BCUT2D eigenvalue weighted by molar-refractivity contribution is 0.100. The summed E-state index contributed by atoms with van der Waals surface area (Å²) in [6.45, 7) is 0.650. The number of nitrogens with two attached hydrogens (primary N) is 1. The van der Waals surface area contributed by atoms with Crippen LogP contribution in [0, 0.1) is 0 Å². The van der Waals surface area contributed by atoms with E-state index in [0.717, 1.165) is 15.7 Å². The van der Waals surface area contributed by atoms with Crippen molar-refractivity contribution in [3.05, 3.63) is 64.1 Å². The second-order valence-corrected chi connectivity index (χ2v) is 4.81. The molecule has 0 bridgehead atoms. The van der Waals surface area contributed by atoms with Crippen LogP contribution in [0.2, 0.25) is 0 Å².